The van der Waals surface area contributed by atoms with Gasteiger partial charge in [0.05, 0.1) is 12.5 Å². The second-order valence-corrected chi connectivity index (χ2v) is 3.73. The number of hydrogen-bond acceptors (Lipinski definition) is 3. The van der Waals surface area contributed by atoms with E-state index in [0.717, 1.165) is 16.8 Å². The number of benzene rings is 1. The average Bonchev–Trinajstić information content (AvgIpc) is 2.55. The number of nitrogens with one attached hydrogen (secondary N) is 1. The molecule has 3 N–H and O–H groups in total. The van der Waals surface area contributed by atoms with Crippen molar-refractivity contribution in [3.8, 4) is 0 Å². The first kappa shape index (κ1) is 9.86. The maximum atomic E-state index is 11.1. The number of Topliss-reactive ketones (excluding diaryl/α,β-unsaturated/α-hetero) is 1. The van der Waals surface area contributed by atoms with Gasteiger partial charge in [0.2, 0.25) is 5.91 Å². The molecule has 1 aromatic carbocycles. The fourth-order valence-corrected chi connectivity index (χ4v) is 1.68. The van der Waals surface area contributed by atoms with E-state index in [1.54, 1.807) is 12.1 Å². The monoisotopic (exact) mass is 204 g/mol. The fourth-order valence-electron chi connectivity index (χ4n) is 1.68. The molecule has 1 heterocycles. The molecule has 0 saturated carbocycles. The molecular formula is C11H12N2O2. The van der Waals surface area contributed by atoms with Gasteiger partial charge in [-0.2, -0.15) is 0 Å². The summed E-state index contributed by atoms with van der Waals surface area (Å²) in [5, 5.41) is 2.73. The first-order chi connectivity index (χ1) is 7.08. The first-order valence-corrected chi connectivity index (χ1v) is 4.76. The zero-order valence-corrected chi connectivity index (χ0v) is 8.41. The van der Waals surface area contributed by atoms with Crippen LogP contribution < -0.4 is 11.1 Å². The summed E-state index contributed by atoms with van der Waals surface area (Å²) in [6.07, 6.45) is 0.369. The topological polar surface area (TPSA) is 72.2 Å². The Balaban J connectivity index is 2.35. The van der Waals surface area contributed by atoms with Gasteiger partial charge >= 0.3 is 0 Å². The van der Waals surface area contributed by atoms with Gasteiger partial charge in [0.15, 0.2) is 5.78 Å². The maximum absolute atomic E-state index is 11.1. The van der Waals surface area contributed by atoms with E-state index in [2.05, 4.69) is 5.32 Å². The van der Waals surface area contributed by atoms with Crippen molar-refractivity contribution in [3.05, 3.63) is 29.3 Å². The molecule has 1 aromatic rings. The van der Waals surface area contributed by atoms with Gasteiger partial charge in [-0.05, 0) is 24.1 Å². The van der Waals surface area contributed by atoms with Crippen molar-refractivity contribution in [1.82, 2.24) is 0 Å². The third-order valence-corrected chi connectivity index (χ3v) is 2.55. The van der Waals surface area contributed by atoms with Gasteiger partial charge in [-0.25, -0.2) is 0 Å². The SMILES string of the molecule is CC(=O)C(N)c1ccc2c(c1)CC(=O)N2. The average molecular weight is 204 g/mol. The standard InChI is InChI=1S/C11H12N2O2/c1-6(14)11(12)7-2-3-9-8(4-7)5-10(15)13-9/h2-4,11H,5,12H2,1H3,(H,13,15). The van der Waals surface area contributed by atoms with Gasteiger partial charge in [0, 0.05) is 5.69 Å². The number of hydrogen-bond donors (Lipinski definition) is 2. The molecule has 0 fully saturated rings. The Hall–Kier alpha value is -1.68. The minimum atomic E-state index is -0.592. The highest BCUT2D eigenvalue weighted by Crippen LogP contribution is 2.25. The molecule has 2 rings (SSSR count). The first-order valence-electron chi connectivity index (χ1n) is 4.76. The summed E-state index contributed by atoms with van der Waals surface area (Å²) in [4.78, 5) is 22.2. The molecule has 0 radical (unpaired) electrons. The molecule has 0 aromatic heterocycles. The maximum Gasteiger partial charge on any atom is 0.228 e. The van der Waals surface area contributed by atoms with Crippen molar-refractivity contribution in [1.29, 1.82) is 0 Å². The van der Waals surface area contributed by atoms with Crippen LogP contribution >= 0.6 is 0 Å². The lowest BCUT2D eigenvalue weighted by Gasteiger charge is -2.09. The number of rotatable bonds is 2. The number of anilines is 1. The quantitative estimate of drug-likeness (QED) is 0.747. The van der Waals surface area contributed by atoms with E-state index in [-0.39, 0.29) is 11.7 Å². The van der Waals surface area contributed by atoms with Crippen molar-refractivity contribution in [3.63, 3.8) is 0 Å². The molecule has 4 nitrogen and oxygen atoms in total. The minimum Gasteiger partial charge on any atom is -0.326 e. The summed E-state index contributed by atoms with van der Waals surface area (Å²) in [7, 11) is 0. The zero-order chi connectivity index (χ0) is 11.0. The Morgan fingerprint density at radius 1 is 1.53 bits per heavy atom. The molecule has 0 aliphatic carbocycles. The molecular weight excluding hydrogens is 192 g/mol. The van der Waals surface area contributed by atoms with E-state index in [9.17, 15) is 9.59 Å². The van der Waals surface area contributed by atoms with E-state index in [4.69, 9.17) is 5.73 Å². The summed E-state index contributed by atoms with van der Waals surface area (Å²) >= 11 is 0. The van der Waals surface area contributed by atoms with Crippen molar-refractivity contribution in [2.75, 3.05) is 5.32 Å². The van der Waals surface area contributed by atoms with Crippen LogP contribution in [0.1, 0.15) is 24.1 Å². The number of carbonyl (C=O) groups excluding carboxylic acids is 2. The zero-order valence-electron chi connectivity index (χ0n) is 8.41. The molecule has 0 bridgehead atoms. The summed E-state index contributed by atoms with van der Waals surface area (Å²) in [5.74, 6) is -0.0919. The van der Waals surface area contributed by atoms with Crippen LogP contribution in [0.3, 0.4) is 0 Å². The summed E-state index contributed by atoms with van der Waals surface area (Å²) < 4.78 is 0. The highest BCUT2D eigenvalue weighted by Gasteiger charge is 2.19. The molecule has 1 unspecified atom stereocenters. The van der Waals surface area contributed by atoms with E-state index in [0.29, 0.717) is 6.42 Å². The molecule has 1 aliphatic heterocycles. The summed E-state index contributed by atoms with van der Waals surface area (Å²) in [5.41, 5.74) is 8.20. The Morgan fingerprint density at radius 3 is 2.93 bits per heavy atom. The largest absolute Gasteiger partial charge is 0.326 e. The highest BCUT2D eigenvalue weighted by molar-refractivity contribution is 5.99. The molecule has 4 heteroatoms. The third-order valence-electron chi connectivity index (χ3n) is 2.55. The van der Waals surface area contributed by atoms with Crippen LogP contribution in [0.2, 0.25) is 0 Å². The number of nitrogens with two attached hydrogens (primary N) is 1. The lowest BCUT2D eigenvalue weighted by atomic mass is 10.0. The van der Waals surface area contributed by atoms with Gasteiger partial charge in [-0.1, -0.05) is 12.1 Å². The normalized spacial score (nSPS) is 15.7. The molecule has 0 saturated heterocycles. The van der Waals surface area contributed by atoms with E-state index >= 15 is 0 Å². The second-order valence-electron chi connectivity index (χ2n) is 3.73. The Morgan fingerprint density at radius 2 is 2.27 bits per heavy atom. The van der Waals surface area contributed by atoms with Crippen LogP contribution in [-0.2, 0) is 16.0 Å². The van der Waals surface area contributed by atoms with Crippen LogP contribution in [-0.4, -0.2) is 11.7 Å². The number of ketones is 1. The molecule has 1 atom stereocenters. The lowest BCUT2D eigenvalue weighted by Crippen LogP contribution is -2.18. The third kappa shape index (κ3) is 1.76. The molecule has 1 amide bonds. The van der Waals surface area contributed by atoms with Crippen molar-refractivity contribution < 1.29 is 9.59 Å². The Labute approximate surface area is 87.5 Å². The van der Waals surface area contributed by atoms with Crippen molar-refractivity contribution in [2.45, 2.75) is 19.4 Å². The lowest BCUT2D eigenvalue weighted by molar-refractivity contribution is -0.118. The predicted octanol–water partition coefficient (Wildman–Crippen LogP) is 0.770. The number of carbonyl (C=O) groups is 2. The minimum absolute atomic E-state index is 0.0152. The molecule has 78 valence electrons. The van der Waals surface area contributed by atoms with Gasteiger partial charge < -0.3 is 11.1 Å². The van der Waals surface area contributed by atoms with Gasteiger partial charge in [-0.15, -0.1) is 0 Å². The van der Waals surface area contributed by atoms with Gasteiger partial charge in [-0.3, -0.25) is 9.59 Å². The van der Waals surface area contributed by atoms with E-state index < -0.39 is 6.04 Å². The molecule has 15 heavy (non-hydrogen) atoms. The van der Waals surface area contributed by atoms with Gasteiger partial charge in [0.25, 0.3) is 0 Å². The summed E-state index contributed by atoms with van der Waals surface area (Å²) in [6.45, 7) is 1.46. The second kappa shape index (κ2) is 3.47. The van der Waals surface area contributed by atoms with Crippen LogP contribution in [0.25, 0.3) is 0 Å². The predicted molar refractivity (Wildman–Crippen MR) is 56.4 cm³/mol. The molecule has 0 spiro atoms. The number of fused-ring (bicyclic) bond motifs is 1. The van der Waals surface area contributed by atoms with Crippen LogP contribution in [0.4, 0.5) is 5.69 Å². The van der Waals surface area contributed by atoms with Crippen molar-refractivity contribution >= 4 is 17.4 Å². The smallest absolute Gasteiger partial charge is 0.228 e. The van der Waals surface area contributed by atoms with Crippen molar-refractivity contribution in [2.24, 2.45) is 5.73 Å². The van der Waals surface area contributed by atoms with Crippen LogP contribution in [0.15, 0.2) is 18.2 Å². The van der Waals surface area contributed by atoms with Crippen LogP contribution in [0, 0.1) is 0 Å². The fraction of sp³-hybridized carbons (Fsp3) is 0.273. The highest BCUT2D eigenvalue weighted by atomic mass is 16.1. The summed E-state index contributed by atoms with van der Waals surface area (Å²) in [6, 6.07) is 4.79. The Kier molecular flexibility index (Phi) is 2.28. The van der Waals surface area contributed by atoms with E-state index in [1.807, 2.05) is 6.07 Å². The van der Waals surface area contributed by atoms with Crippen LogP contribution in [0.5, 0.6) is 0 Å². The van der Waals surface area contributed by atoms with E-state index in [1.165, 1.54) is 6.92 Å². The molecule has 1 aliphatic rings. The Bertz CT molecular complexity index is 440. The number of amides is 1. The van der Waals surface area contributed by atoms with Gasteiger partial charge in [0.1, 0.15) is 0 Å².